The molecule has 2 aromatic heterocycles. The van der Waals surface area contributed by atoms with Crippen molar-refractivity contribution in [2.75, 3.05) is 5.43 Å². The van der Waals surface area contributed by atoms with Crippen molar-refractivity contribution in [3.63, 3.8) is 0 Å². The fourth-order valence-corrected chi connectivity index (χ4v) is 3.85. The molecule has 26 heavy (non-hydrogen) atoms. The number of anilines is 1. The van der Waals surface area contributed by atoms with Crippen LogP contribution in [0.2, 0.25) is 0 Å². The van der Waals surface area contributed by atoms with Gasteiger partial charge in [-0.2, -0.15) is 0 Å². The highest BCUT2D eigenvalue weighted by Crippen LogP contribution is 2.22. The Balaban J connectivity index is 1.84. The lowest BCUT2D eigenvalue weighted by molar-refractivity contribution is 0.0966. The van der Waals surface area contributed by atoms with E-state index in [1.165, 1.54) is 21.5 Å². The van der Waals surface area contributed by atoms with Crippen LogP contribution in [0.25, 0.3) is 10.9 Å². The molecule has 1 amide bonds. The Hall–Kier alpha value is -2.67. The van der Waals surface area contributed by atoms with Gasteiger partial charge in [0.1, 0.15) is 0 Å². The summed E-state index contributed by atoms with van der Waals surface area (Å²) < 4.78 is 1.50. The van der Waals surface area contributed by atoms with Crippen molar-refractivity contribution in [2.24, 2.45) is 0 Å². The van der Waals surface area contributed by atoms with Crippen molar-refractivity contribution in [1.82, 2.24) is 15.0 Å². The van der Waals surface area contributed by atoms with Gasteiger partial charge in [-0.1, -0.05) is 25.5 Å². The largest absolute Gasteiger partial charge is 0.279 e. The van der Waals surface area contributed by atoms with Gasteiger partial charge in [-0.3, -0.25) is 25.0 Å². The summed E-state index contributed by atoms with van der Waals surface area (Å²) in [4.78, 5) is 31.3. The minimum atomic E-state index is -0.231. The minimum absolute atomic E-state index is 0.132. The number of amides is 1. The Kier molecular flexibility index (Phi) is 5.37. The van der Waals surface area contributed by atoms with Crippen LogP contribution in [0, 0.1) is 6.92 Å². The topological polar surface area (TPSA) is 76.0 Å². The minimum Gasteiger partial charge on any atom is -0.277 e. The molecule has 0 fully saturated rings. The van der Waals surface area contributed by atoms with Crippen LogP contribution in [0.15, 0.2) is 35.1 Å². The molecule has 136 valence electrons. The van der Waals surface area contributed by atoms with E-state index >= 15 is 0 Å². The number of carbonyl (C=O) groups excluding carboxylic acids is 1. The van der Waals surface area contributed by atoms with Crippen LogP contribution >= 0.6 is 11.3 Å². The van der Waals surface area contributed by atoms with Gasteiger partial charge in [0.2, 0.25) is 5.95 Å². The van der Waals surface area contributed by atoms with Gasteiger partial charge in [-0.15, -0.1) is 11.3 Å². The molecule has 0 spiro atoms. The normalized spacial score (nSPS) is 10.9. The molecule has 2 heterocycles. The fraction of sp³-hybridized carbons (Fsp3) is 0.316. The number of thiophene rings is 1. The van der Waals surface area contributed by atoms with Crippen LogP contribution in [0.3, 0.4) is 0 Å². The summed E-state index contributed by atoms with van der Waals surface area (Å²) >= 11 is 1.47. The van der Waals surface area contributed by atoms with E-state index in [1.807, 2.05) is 32.0 Å². The highest BCUT2D eigenvalue weighted by molar-refractivity contribution is 7.14. The number of carbonyl (C=O) groups is 1. The molecule has 0 aliphatic rings. The van der Waals surface area contributed by atoms with Crippen LogP contribution in [-0.2, 0) is 13.0 Å². The summed E-state index contributed by atoms with van der Waals surface area (Å²) in [7, 11) is 0. The number of aryl methyl sites for hydroxylation is 2. The van der Waals surface area contributed by atoms with Gasteiger partial charge in [0.15, 0.2) is 0 Å². The van der Waals surface area contributed by atoms with Crippen molar-refractivity contribution < 1.29 is 4.79 Å². The number of hydrogen-bond acceptors (Lipinski definition) is 5. The average Bonchev–Trinajstić information content (AvgIpc) is 3.01. The molecule has 2 N–H and O–H groups in total. The summed E-state index contributed by atoms with van der Waals surface area (Å²) in [5.74, 6) is 0.0946. The number of nitrogens with zero attached hydrogens (tertiary/aromatic N) is 2. The zero-order valence-electron chi connectivity index (χ0n) is 15.1. The molecule has 0 saturated heterocycles. The molecular weight excluding hydrogens is 348 g/mol. The number of rotatable bonds is 6. The summed E-state index contributed by atoms with van der Waals surface area (Å²) in [6, 6.07) is 9.11. The molecule has 0 atom stereocenters. The lowest BCUT2D eigenvalue weighted by atomic mass is 10.1. The van der Waals surface area contributed by atoms with Crippen molar-refractivity contribution in [3.05, 3.63) is 56.0 Å². The summed E-state index contributed by atoms with van der Waals surface area (Å²) in [5, 5.41) is 0.560. The number of benzene rings is 1. The first-order valence-electron chi connectivity index (χ1n) is 8.70. The van der Waals surface area contributed by atoms with Crippen LogP contribution in [-0.4, -0.2) is 15.5 Å². The molecule has 0 unspecified atom stereocenters. The van der Waals surface area contributed by atoms with Gasteiger partial charge in [0.05, 0.1) is 15.8 Å². The van der Waals surface area contributed by atoms with Crippen molar-refractivity contribution in [3.8, 4) is 0 Å². The maximum Gasteiger partial charge on any atom is 0.279 e. The third-order valence-corrected chi connectivity index (χ3v) is 5.32. The maximum atomic E-state index is 12.6. The van der Waals surface area contributed by atoms with Gasteiger partial charge in [0, 0.05) is 11.4 Å². The number of hydrazine groups is 1. The Morgan fingerprint density at radius 2 is 2.04 bits per heavy atom. The SMILES string of the molecule is CCCc1cc(C(=O)NNc2nc3ccccc3c(=O)n2CC)sc1C. The van der Waals surface area contributed by atoms with E-state index in [9.17, 15) is 9.59 Å². The van der Waals surface area contributed by atoms with Gasteiger partial charge < -0.3 is 0 Å². The number of nitrogens with one attached hydrogen (secondary N) is 2. The zero-order chi connectivity index (χ0) is 18.7. The molecule has 0 radical (unpaired) electrons. The van der Waals surface area contributed by atoms with E-state index in [2.05, 4.69) is 22.8 Å². The second kappa shape index (κ2) is 7.70. The molecule has 0 saturated carbocycles. The van der Waals surface area contributed by atoms with Crippen LogP contribution in [0.1, 0.15) is 40.4 Å². The van der Waals surface area contributed by atoms with Crippen LogP contribution in [0.4, 0.5) is 5.95 Å². The Labute approximate surface area is 155 Å². The Bertz CT molecular complexity index is 1010. The predicted octanol–water partition coefficient (Wildman–Crippen LogP) is 3.50. The first-order chi connectivity index (χ1) is 12.5. The smallest absolute Gasteiger partial charge is 0.277 e. The first kappa shape index (κ1) is 18.1. The second-order valence-corrected chi connectivity index (χ2v) is 7.28. The molecule has 3 aromatic rings. The van der Waals surface area contributed by atoms with E-state index < -0.39 is 0 Å². The Morgan fingerprint density at radius 3 is 2.77 bits per heavy atom. The lowest BCUT2D eigenvalue weighted by Gasteiger charge is -2.13. The van der Waals surface area contributed by atoms with Crippen LogP contribution in [0.5, 0.6) is 0 Å². The molecule has 0 bridgehead atoms. The molecule has 0 aliphatic carbocycles. The second-order valence-electron chi connectivity index (χ2n) is 6.02. The number of hydrogen-bond donors (Lipinski definition) is 2. The molecule has 6 nitrogen and oxygen atoms in total. The van der Waals surface area contributed by atoms with E-state index in [0.717, 1.165) is 17.7 Å². The lowest BCUT2D eigenvalue weighted by Crippen LogP contribution is -2.34. The van der Waals surface area contributed by atoms with E-state index in [-0.39, 0.29) is 11.5 Å². The standard InChI is InChI=1S/C19H22N4O2S/c1-4-8-13-11-16(26-12(13)3)17(24)21-22-19-20-15-10-7-6-9-14(15)18(25)23(19)5-2/h6-7,9-11H,4-5,8H2,1-3H3,(H,20,22)(H,21,24). The van der Waals surface area contributed by atoms with Crippen molar-refractivity contribution >= 4 is 34.1 Å². The van der Waals surface area contributed by atoms with Crippen molar-refractivity contribution in [1.29, 1.82) is 0 Å². The quantitative estimate of drug-likeness (QED) is 0.651. The van der Waals surface area contributed by atoms with Gasteiger partial charge in [-0.25, -0.2) is 4.98 Å². The number of aromatic nitrogens is 2. The predicted molar refractivity (Wildman–Crippen MR) is 106 cm³/mol. The molecule has 1 aromatic carbocycles. The average molecular weight is 370 g/mol. The summed E-state index contributed by atoms with van der Waals surface area (Å²) in [5.41, 5.74) is 7.15. The highest BCUT2D eigenvalue weighted by atomic mass is 32.1. The van der Waals surface area contributed by atoms with Gasteiger partial charge in [0.25, 0.3) is 11.5 Å². The van der Waals surface area contributed by atoms with Crippen molar-refractivity contribution in [2.45, 2.75) is 40.2 Å². The molecule has 7 heteroatoms. The van der Waals surface area contributed by atoms with Gasteiger partial charge in [-0.05, 0) is 44.0 Å². The zero-order valence-corrected chi connectivity index (χ0v) is 15.9. The molecule has 0 aliphatic heterocycles. The number of para-hydroxylation sites is 1. The number of fused-ring (bicyclic) bond motifs is 1. The van der Waals surface area contributed by atoms with Gasteiger partial charge >= 0.3 is 0 Å². The summed E-state index contributed by atoms with van der Waals surface area (Å²) in [6.07, 6.45) is 2.01. The highest BCUT2D eigenvalue weighted by Gasteiger charge is 2.14. The monoisotopic (exact) mass is 370 g/mol. The first-order valence-corrected chi connectivity index (χ1v) is 9.52. The maximum absolute atomic E-state index is 12.6. The fourth-order valence-electron chi connectivity index (χ4n) is 2.88. The van der Waals surface area contributed by atoms with E-state index in [4.69, 9.17) is 0 Å². The van der Waals surface area contributed by atoms with E-state index in [1.54, 1.807) is 12.1 Å². The Morgan fingerprint density at radius 1 is 1.27 bits per heavy atom. The van der Waals surface area contributed by atoms with E-state index in [0.29, 0.717) is 28.3 Å². The third kappa shape index (κ3) is 3.48. The third-order valence-electron chi connectivity index (χ3n) is 4.23. The van der Waals surface area contributed by atoms with Crippen LogP contribution < -0.4 is 16.4 Å². The molecular formula is C19H22N4O2S. The summed E-state index contributed by atoms with van der Waals surface area (Å²) in [6.45, 7) is 6.46. The molecule has 3 rings (SSSR count).